The van der Waals surface area contributed by atoms with Crippen molar-refractivity contribution < 1.29 is 13.2 Å². The van der Waals surface area contributed by atoms with E-state index < -0.39 is 15.3 Å². The van der Waals surface area contributed by atoms with Gasteiger partial charge in [-0.15, -0.1) is 0 Å². The average Bonchev–Trinajstić information content (AvgIpc) is 3.10. The van der Waals surface area contributed by atoms with E-state index in [2.05, 4.69) is 24.1 Å². The molecule has 160 valence electrons. The van der Waals surface area contributed by atoms with Gasteiger partial charge in [-0.25, -0.2) is 8.42 Å². The van der Waals surface area contributed by atoms with Gasteiger partial charge >= 0.3 is 0 Å². The van der Waals surface area contributed by atoms with Gasteiger partial charge in [0.1, 0.15) is 0 Å². The number of ketones is 1. The number of benzene rings is 1. The monoisotopic (exact) mass is 427 g/mol. The standard InChI is InChI=1S/C23H29N3O3S/c1-23(2)18-13-15(30(28,29)11-10-26(4)5)7-9-16(18)21(27)20-17-8-6-14(24-3)12-19(17)25-22(20)23/h6,8,12-13,24-25H,7,9-11H2,1-5H3. The van der Waals surface area contributed by atoms with Crippen LogP contribution in [-0.2, 0) is 15.3 Å². The van der Waals surface area contributed by atoms with Gasteiger partial charge in [-0.05, 0) is 50.7 Å². The summed E-state index contributed by atoms with van der Waals surface area (Å²) in [5.41, 5.74) is 4.56. The molecule has 30 heavy (non-hydrogen) atoms. The summed E-state index contributed by atoms with van der Waals surface area (Å²) in [7, 11) is 2.24. The quantitative estimate of drug-likeness (QED) is 0.761. The highest BCUT2D eigenvalue weighted by molar-refractivity contribution is 7.95. The minimum Gasteiger partial charge on any atom is -0.388 e. The fourth-order valence-corrected chi connectivity index (χ4v) is 6.10. The number of hydrogen-bond acceptors (Lipinski definition) is 5. The molecule has 2 aliphatic rings. The second-order valence-electron chi connectivity index (χ2n) is 8.96. The molecule has 1 heterocycles. The van der Waals surface area contributed by atoms with Gasteiger partial charge in [-0.1, -0.05) is 19.9 Å². The van der Waals surface area contributed by atoms with Crippen molar-refractivity contribution >= 4 is 32.2 Å². The first kappa shape index (κ1) is 20.9. The van der Waals surface area contributed by atoms with Crippen LogP contribution in [0.15, 0.2) is 40.3 Å². The van der Waals surface area contributed by atoms with E-state index in [0.717, 1.165) is 39.0 Å². The Labute approximate surface area is 178 Å². The molecule has 0 spiro atoms. The number of rotatable bonds is 5. The Kier molecular flexibility index (Phi) is 4.94. The average molecular weight is 428 g/mol. The molecule has 2 N–H and O–H groups in total. The SMILES string of the molecule is CNc1ccc2c3c([nH]c2c1)C(C)(C)C1=C(CCC(S(=O)(=O)CCN(C)C)=C1)C3=O. The van der Waals surface area contributed by atoms with E-state index in [4.69, 9.17) is 0 Å². The summed E-state index contributed by atoms with van der Waals surface area (Å²) < 4.78 is 25.8. The van der Waals surface area contributed by atoms with E-state index in [1.165, 1.54) is 0 Å². The lowest BCUT2D eigenvalue weighted by atomic mass is 9.69. The van der Waals surface area contributed by atoms with Gasteiger partial charge in [0, 0.05) is 51.8 Å². The number of sulfone groups is 1. The molecule has 7 heteroatoms. The third kappa shape index (κ3) is 3.20. The number of Topliss-reactive ketones (excluding diaryl/α,β-unsaturated/α-hetero) is 1. The highest BCUT2D eigenvalue weighted by Crippen LogP contribution is 2.47. The van der Waals surface area contributed by atoms with Crippen LogP contribution < -0.4 is 5.32 Å². The first-order valence-electron chi connectivity index (χ1n) is 10.3. The number of nitrogens with zero attached hydrogens (tertiary/aromatic N) is 1. The Bertz CT molecular complexity index is 1210. The summed E-state index contributed by atoms with van der Waals surface area (Å²) in [5, 5.41) is 4.05. The number of carbonyl (C=O) groups excluding carboxylic acids is 1. The van der Waals surface area contributed by atoms with E-state index in [1.807, 2.05) is 44.2 Å². The normalized spacial score (nSPS) is 18.5. The number of aromatic nitrogens is 1. The van der Waals surface area contributed by atoms with E-state index >= 15 is 0 Å². The van der Waals surface area contributed by atoms with Gasteiger partial charge in [0.2, 0.25) is 0 Å². The van der Waals surface area contributed by atoms with Crippen LogP contribution in [0.25, 0.3) is 10.9 Å². The number of aromatic amines is 1. The molecular formula is C23H29N3O3S. The van der Waals surface area contributed by atoms with Crippen LogP contribution in [0.3, 0.4) is 0 Å². The maximum Gasteiger partial charge on any atom is 0.191 e. The number of anilines is 1. The Balaban J connectivity index is 1.83. The topological polar surface area (TPSA) is 82.3 Å². The van der Waals surface area contributed by atoms with E-state index in [1.54, 1.807) is 6.08 Å². The highest BCUT2D eigenvalue weighted by atomic mass is 32.2. The van der Waals surface area contributed by atoms with E-state index in [0.29, 0.717) is 24.3 Å². The fraction of sp³-hybridized carbons (Fsp3) is 0.435. The van der Waals surface area contributed by atoms with Gasteiger partial charge in [-0.3, -0.25) is 4.79 Å². The van der Waals surface area contributed by atoms with Crippen LogP contribution in [0.1, 0.15) is 42.7 Å². The molecule has 0 saturated carbocycles. The molecule has 0 fully saturated rings. The first-order valence-corrected chi connectivity index (χ1v) is 11.9. The third-order valence-electron chi connectivity index (χ3n) is 6.35. The van der Waals surface area contributed by atoms with Gasteiger partial charge < -0.3 is 15.2 Å². The molecule has 0 unspecified atom stereocenters. The predicted octanol–water partition coefficient (Wildman–Crippen LogP) is 3.63. The lowest BCUT2D eigenvalue weighted by Crippen LogP contribution is -2.33. The summed E-state index contributed by atoms with van der Waals surface area (Å²) in [4.78, 5) is 19.2. The summed E-state index contributed by atoms with van der Waals surface area (Å²) in [6.07, 6.45) is 2.62. The van der Waals surface area contributed by atoms with Crippen molar-refractivity contribution in [3.8, 4) is 0 Å². The maximum absolute atomic E-state index is 13.5. The summed E-state index contributed by atoms with van der Waals surface area (Å²) in [6, 6.07) is 5.95. The van der Waals surface area contributed by atoms with Gasteiger partial charge in [0.05, 0.1) is 11.3 Å². The van der Waals surface area contributed by atoms with E-state index in [-0.39, 0.29) is 11.5 Å². The molecule has 4 rings (SSSR count). The van der Waals surface area contributed by atoms with Gasteiger partial charge in [0.25, 0.3) is 0 Å². The third-order valence-corrected chi connectivity index (χ3v) is 8.19. The molecule has 0 amide bonds. The Morgan fingerprint density at radius 2 is 1.93 bits per heavy atom. The maximum atomic E-state index is 13.5. The molecule has 0 radical (unpaired) electrons. The number of carbonyl (C=O) groups is 1. The molecule has 2 aliphatic carbocycles. The van der Waals surface area contributed by atoms with Crippen molar-refractivity contribution in [1.29, 1.82) is 0 Å². The summed E-state index contributed by atoms with van der Waals surface area (Å²) in [5.74, 6) is 0.108. The number of H-pyrrole nitrogens is 1. The number of nitrogens with one attached hydrogen (secondary N) is 2. The zero-order valence-electron chi connectivity index (χ0n) is 18.2. The Hall–Kier alpha value is -2.38. The van der Waals surface area contributed by atoms with Crippen LogP contribution in [0.5, 0.6) is 0 Å². The Morgan fingerprint density at radius 1 is 1.20 bits per heavy atom. The predicted molar refractivity (Wildman–Crippen MR) is 122 cm³/mol. The second kappa shape index (κ2) is 7.10. The van der Waals surface area contributed by atoms with E-state index in [9.17, 15) is 13.2 Å². The minimum absolute atomic E-state index is 0.0174. The van der Waals surface area contributed by atoms with Crippen molar-refractivity contribution in [2.75, 3.05) is 38.8 Å². The number of fused-ring (bicyclic) bond motifs is 3. The molecular weight excluding hydrogens is 398 g/mol. The smallest absolute Gasteiger partial charge is 0.191 e. The summed E-state index contributed by atoms with van der Waals surface area (Å²) >= 11 is 0. The minimum atomic E-state index is -3.35. The van der Waals surface area contributed by atoms with Crippen LogP contribution in [-0.4, -0.2) is 57.5 Å². The lowest BCUT2D eigenvalue weighted by molar-refractivity contribution is 0.102. The van der Waals surface area contributed by atoms with Crippen LogP contribution in [0.2, 0.25) is 0 Å². The van der Waals surface area contributed by atoms with Crippen molar-refractivity contribution in [2.45, 2.75) is 32.1 Å². The highest BCUT2D eigenvalue weighted by Gasteiger charge is 2.42. The van der Waals surface area contributed by atoms with Crippen LogP contribution in [0.4, 0.5) is 5.69 Å². The van der Waals surface area contributed by atoms with Gasteiger partial charge in [-0.2, -0.15) is 0 Å². The van der Waals surface area contributed by atoms with Crippen molar-refractivity contribution in [3.63, 3.8) is 0 Å². The zero-order chi connectivity index (χ0) is 21.8. The van der Waals surface area contributed by atoms with Crippen molar-refractivity contribution in [2.24, 2.45) is 0 Å². The molecule has 1 aromatic heterocycles. The number of hydrogen-bond donors (Lipinski definition) is 2. The molecule has 0 aliphatic heterocycles. The molecule has 0 bridgehead atoms. The first-order chi connectivity index (χ1) is 14.1. The van der Waals surface area contributed by atoms with Crippen LogP contribution in [0, 0.1) is 0 Å². The Morgan fingerprint density at radius 3 is 2.60 bits per heavy atom. The molecule has 1 aromatic carbocycles. The molecule has 0 saturated heterocycles. The lowest BCUT2D eigenvalue weighted by Gasteiger charge is -2.35. The fourth-order valence-electron chi connectivity index (χ4n) is 4.52. The van der Waals surface area contributed by atoms with Crippen molar-refractivity contribution in [1.82, 2.24) is 9.88 Å². The summed E-state index contributed by atoms with van der Waals surface area (Å²) in [6.45, 7) is 4.61. The second-order valence-corrected chi connectivity index (χ2v) is 11.1. The van der Waals surface area contributed by atoms with Gasteiger partial charge in [0.15, 0.2) is 15.6 Å². The molecule has 0 atom stereocenters. The number of allylic oxidation sites excluding steroid dienone is 4. The van der Waals surface area contributed by atoms with Crippen molar-refractivity contribution in [3.05, 3.63) is 51.6 Å². The van der Waals surface area contributed by atoms with Crippen LogP contribution >= 0.6 is 0 Å². The largest absolute Gasteiger partial charge is 0.388 e. The molecule has 2 aromatic rings. The molecule has 6 nitrogen and oxygen atoms in total. The zero-order valence-corrected chi connectivity index (χ0v) is 19.0.